The van der Waals surface area contributed by atoms with Crippen molar-refractivity contribution >= 4 is 22.1 Å². The highest BCUT2D eigenvalue weighted by Gasteiger charge is 2.44. The molecule has 0 bridgehead atoms. The van der Waals surface area contributed by atoms with Gasteiger partial charge in [0, 0.05) is 0 Å². The summed E-state index contributed by atoms with van der Waals surface area (Å²) in [6.07, 6.45) is -0.475. The first kappa shape index (κ1) is 24.8. The Kier molecular flexibility index (Phi) is 7.17. The molecule has 1 fully saturated rings. The van der Waals surface area contributed by atoms with E-state index in [2.05, 4.69) is 0 Å². The molecule has 0 aliphatic heterocycles. The fourth-order valence-electron chi connectivity index (χ4n) is 3.40. The lowest BCUT2D eigenvalue weighted by Gasteiger charge is -2.35. The first-order valence-corrected chi connectivity index (χ1v) is 12.4. The third-order valence-corrected chi connectivity index (χ3v) is 6.96. The van der Waals surface area contributed by atoms with Crippen molar-refractivity contribution < 1.29 is 27.5 Å². The van der Waals surface area contributed by atoms with Gasteiger partial charge in [-0.2, -0.15) is 4.31 Å². The molecule has 0 saturated heterocycles. The Bertz CT molecular complexity index is 1090. The zero-order chi connectivity index (χ0) is 24.4. The summed E-state index contributed by atoms with van der Waals surface area (Å²) in [5.74, 6) is -0.562. The second kappa shape index (κ2) is 9.55. The molecule has 0 aromatic heterocycles. The van der Waals surface area contributed by atoms with Crippen molar-refractivity contribution in [2.75, 3.05) is 0 Å². The Hall–Kier alpha value is -2.87. The lowest BCUT2D eigenvalue weighted by atomic mass is 10.0. The molecule has 0 radical (unpaired) electrons. The van der Waals surface area contributed by atoms with Crippen molar-refractivity contribution in [1.29, 1.82) is 0 Å². The van der Waals surface area contributed by atoms with Gasteiger partial charge in [0.1, 0.15) is 17.7 Å². The number of benzene rings is 2. The Balaban J connectivity index is 2.12. The topological polar surface area (TPSA) is 90.0 Å². The molecule has 0 unspecified atom stereocenters. The van der Waals surface area contributed by atoms with E-state index in [9.17, 15) is 18.0 Å². The highest BCUT2D eigenvalue weighted by Crippen LogP contribution is 2.36. The number of amides is 1. The van der Waals surface area contributed by atoms with Gasteiger partial charge in [0.15, 0.2) is 0 Å². The molecule has 1 aliphatic rings. The van der Waals surface area contributed by atoms with Crippen LogP contribution >= 0.6 is 0 Å². The molecular formula is C25H31NO6S. The molecule has 7 nitrogen and oxygen atoms in total. The highest BCUT2D eigenvalue weighted by molar-refractivity contribution is 7.89. The summed E-state index contributed by atoms with van der Waals surface area (Å²) < 4.78 is 39.5. The number of aryl methyl sites for hydroxylation is 1. The van der Waals surface area contributed by atoms with Gasteiger partial charge in [-0.05, 0) is 65.2 Å². The minimum Gasteiger partial charge on any atom is -0.460 e. The standard InChI is InChI=1S/C25H31NO6S/c1-17-11-15-21(16-12-17)33(29,30)26(24(28)32-25(3,4)5)22(19-9-7-6-8-10-19)18(2)31-23(27)20-13-14-20/h6-12,15-16,18,20,22H,13-14H2,1-5H3/t18-,22-/m0/s1. The molecule has 33 heavy (non-hydrogen) atoms. The SMILES string of the molecule is Cc1ccc(S(=O)(=O)N(C(=O)OC(C)(C)C)[C@H](c2ccccc2)[C@H](C)OC(=O)C2CC2)cc1. The van der Waals surface area contributed by atoms with Crippen LogP contribution < -0.4 is 0 Å². The van der Waals surface area contributed by atoms with E-state index in [0.29, 0.717) is 9.87 Å². The van der Waals surface area contributed by atoms with E-state index in [1.807, 2.05) is 6.92 Å². The van der Waals surface area contributed by atoms with Crippen molar-refractivity contribution in [3.8, 4) is 0 Å². The second-order valence-electron chi connectivity index (χ2n) is 9.37. The van der Waals surface area contributed by atoms with E-state index >= 15 is 0 Å². The fraction of sp³-hybridized carbons (Fsp3) is 0.440. The summed E-state index contributed by atoms with van der Waals surface area (Å²) in [5, 5.41) is 0. The van der Waals surface area contributed by atoms with Gasteiger partial charge in [-0.1, -0.05) is 48.0 Å². The third-order valence-electron chi connectivity index (χ3n) is 5.20. The van der Waals surface area contributed by atoms with Crippen molar-refractivity contribution in [3.05, 3.63) is 65.7 Å². The number of esters is 1. The number of carbonyl (C=O) groups excluding carboxylic acids is 2. The van der Waals surface area contributed by atoms with E-state index in [-0.39, 0.29) is 16.8 Å². The largest absolute Gasteiger partial charge is 0.460 e. The molecule has 3 rings (SSSR count). The molecule has 1 aliphatic carbocycles. The average molecular weight is 474 g/mol. The smallest absolute Gasteiger partial charge is 0.425 e. The van der Waals surface area contributed by atoms with E-state index in [4.69, 9.17) is 9.47 Å². The van der Waals surface area contributed by atoms with Crippen LogP contribution in [0.5, 0.6) is 0 Å². The quantitative estimate of drug-likeness (QED) is 0.526. The summed E-state index contributed by atoms with van der Waals surface area (Å²) in [6.45, 7) is 8.43. The number of hydrogen-bond donors (Lipinski definition) is 0. The van der Waals surface area contributed by atoms with Crippen LogP contribution in [0.25, 0.3) is 0 Å². The van der Waals surface area contributed by atoms with Crippen molar-refractivity contribution in [2.24, 2.45) is 5.92 Å². The molecule has 178 valence electrons. The van der Waals surface area contributed by atoms with Crippen LogP contribution in [0.4, 0.5) is 4.79 Å². The second-order valence-corrected chi connectivity index (χ2v) is 11.2. The zero-order valence-corrected chi connectivity index (χ0v) is 20.5. The maximum absolute atomic E-state index is 13.8. The predicted octanol–water partition coefficient (Wildman–Crippen LogP) is 5.00. The zero-order valence-electron chi connectivity index (χ0n) is 19.6. The predicted molar refractivity (Wildman–Crippen MR) is 124 cm³/mol. The van der Waals surface area contributed by atoms with Crippen LogP contribution in [-0.4, -0.2) is 36.5 Å². The summed E-state index contributed by atoms with van der Waals surface area (Å²) >= 11 is 0. The van der Waals surface area contributed by atoms with Crippen LogP contribution in [0.15, 0.2) is 59.5 Å². The fourth-order valence-corrected chi connectivity index (χ4v) is 4.93. The maximum atomic E-state index is 13.8. The molecule has 2 aromatic carbocycles. The summed E-state index contributed by atoms with van der Waals surface area (Å²) in [4.78, 5) is 25.7. The third kappa shape index (κ3) is 6.13. The van der Waals surface area contributed by atoms with E-state index in [0.717, 1.165) is 18.4 Å². The molecule has 2 atom stereocenters. The highest BCUT2D eigenvalue weighted by atomic mass is 32.2. The van der Waals surface area contributed by atoms with Crippen molar-refractivity contribution in [3.63, 3.8) is 0 Å². The summed E-state index contributed by atoms with van der Waals surface area (Å²) in [7, 11) is -4.35. The number of nitrogens with zero attached hydrogens (tertiary/aromatic N) is 1. The van der Waals surface area contributed by atoms with Crippen molar-refractivity contribution in [1.82, 2.24) is 4.31 Å². The monoisotopic (exact) mass is 473 g/mol. The van der Waals surface area contributed by atoms with Gasteiger partial charge in [0.25, 0.3) is 10.0 Å². The summed E-state index contributed by atoms with van der Waals surface area (Å²) in [5.41, 5.74) is 0.451. The van der Waals surface area contributed by atoms with Crippen LogP contribution in [-0.2, 0) is 24.3 Å². The molecule has 0 N–H and O–H groups in total. The molecule has 1 amide bonds. The number of sulfonamides is 1. The summed E-state index contributed by atoms with van der Waals surface area (Å²) in [6, 6.07) is 13.8. The van der Waals surface area contributed by atoms with Gasteiger partial charge in [0.2, 0.25) is 0 Å². The Labute approximate surface area is 195 Å². The molecular weight excluding hydrogens is 442 g/mol. The Morgan fingerprint density at radius 3 is 2.09 bits per heavy atom. The van der Waals surface area contributed by atoms with E-state index in [1.54, 1.807) is 70.2 Å². The van der Waals surface area contributed by atoms with E-state index in [1.165, 1.54) is 12.1 Å². The van der Waals surface area contributed by atoms with Crippen LogP contribution in [0.1, 0.15) is 57.7 Å². The maximum Gasteiger partial charge on any atom is 0.425 e. The first-order chi connectivity index (χ1) is 15.4. The van der Waals surface area contributed by atoms with Gasteiger partial charge < -0.3 is 9.47 Å². The first-order valence-electron chi connectivity index (χ1n) is 11.0. The molecule has 1 saturated carbocycles. The van der Waals surface area contributed by atoms with E-state index < -0.39 is 33.9 Å². The number of rotatable bonds is 7. The Morgan fingerprint density at radius 2 is 1.58 bits per heavy atom. The number of ether oxygens (including phenoxy) is 2. The lowest BCUT2D eigenvalue weighted by Crippen LogP contribution is -2.47. The van der Waals surface area contributed by atoms with Gasteiger partial charge in [-0.15, -0.1) is 0 Å². The lowest BCUT2D eigenvalue weighted by molar-refractivity contribution is -0.152. The normalized spacial score (nSPS) is 15.9. The number of hydrogen-bond acceptors (Lipinski definition) is 6. The average Bonchev–Trinajstić information content (AvgIpc) is 3.56. The molecule has 2 aromatic rings. The van der Waals surface area contributed by atoms with Gasteiger partial charge in [0.05, 0.1) is 10.8 Å². The van der Waals surface area contributed by atoms with Crippen LogP contribution in [0.3, 0.4) is 0 Å². The van der Waals surface area contributed by atoms with Gasteiger partial charge >= 0.3 is 12.1 Å². The Morgan fingerprint density at radius 1 is 1.00 bits per heavy atom. The minimum absolute atomic E-state index is 0.0550. The van der Waals surface area contributed by atoms with Gasteiger partial charge in [-0.3, -0.25) is 4.79 Å². The molecule has 8 heteroatoms. The van der Waals surface area contributed by atoms with Crippen molar-refractivity contribution in [2.45, 2.75) is 70.1 Å². The number of carbonyl (C=O) groups is 2. The molecule has 0 heterocycles. The minimum atomic E-state index is -4.35. The van der Waals surface area contributed by atoms with Crippen LogP contribution in [0, 0.1) is 12.8 Å². The van der Waals surface area contributed by atoms with Crippen LogP contribution in [0.2, 0.25) is 0 Å². The van der Waals surface area contributed by atoms with Gasteiger partial charge in [-0.25, -0.2) is 13.2 Å². The molecule has 0 spiro atoms.